The Hall–Kier alpha value is -2.58. The van der Waals surface area contributed by atoms with Crippen LogP contribution in [0, 0.1) is 6.92 Å². The Morgan fingerprint density at radius 2 is 1.74 bits per heavy atom. The van der Waals surface area contributed by atoms with Crippen LogP contribution in [0.1, 0.15) is 11.1 Å². The third kappa shape index (κ3) is 5.97. The molecule has 0 aliphatic rings. The van der Waals surface area contributed by atoms with Crippen molar-refractivity contribution in [2.75, 3.05) is 32.3 Å². The lowest BCUT2D eigenvalue weighted by Gasteiger charge is -2.20. The van der Waals surface area contributed by atoms with Gasteiger partial charge in [-0.3, -0.25) is 4.79 Å². The molecule has 7 nitrogen and oxygen atoms in total. The minimum atomic E-state index is -3.57. The second kappa shape index (κ2) is 8.88. The van der Waals surface area contributed by atoms with Crippen LogP contribution < -0.4 is 14.8 Å². The second-order valence-electron chi connectivity index (χ2n) is 6.13. The van der Waals surface area contributed by atoms with Crippen molar-refractivity contribution < 1.29 is 22.7 Å². The van der Waals surface area contributed by atoms with Gasteiger partial charge in [-0.05, 0) is 24.6 Å². The molecule has 27 heavy (non-hydrogen) atoms. The first-order valence-corrected chi connectivity index (χ1v) is 10.1. The van der Waals surface area contributed by atoms with E-state index in [1.807, 2.05) is 31.2 Å². The van der Waals surface area contributed by atoms with Gasteiger partial charge in [-0.15, -0.1) is 0 Å². The molecule has 0 fully saturated rings. The lowest BCUT2D eigenvalue weighted by atomic mass is 10.1. The Bertz CT molecular complexity index is 895. The number of rotatable bonds is 8. The van der Waals surface area contributed by atoms with Crippen LogP contribution in [0.2, 0.25) is 0 Å². The molecule has 0 spiro atoms. The number of benzene rings is 2. The zero-order valence-corrected chi connectivity index (χ0v) is 16.7. The van der Waals surface area contributed by atoms with E-state index < -0.39 is 15.9 Å². The van der Waals surface area contributed by atoms with Crippen molar-refractivity contribution >= 4 is 21.6 Å². The fourth-order valence-electron chi connectivity index (χ4n) is 2.44. The summed E-state index contributed by atoms with van der Waals surface area (Å²) >= 11 is 0. The molecule has 2 aromatic rings. The summed E-state index contributed by atoms with van der Waals surface area (Å²) in [6, 6.07) is 12.4. The number of carbonyl (C=O) groups excluding carboxylic acids is 1. The summed E-state index contributed by atoms with van der Waals surface area (Å²) in [7, 11) is -0.559. The molecule has 0 aliphatic carbocycles. The monoisotopic (exact) mass is 392 g/mol. The molecule has 0 unspecified atom stereocenters. The first kappa shape index (κ1) is 20.7. The summed E-state index contributed by atoms with van der Waals surface area (Å²) in [6.07, 6.45) is 1.09. The van der Waals surface area contributed by atoms with Gasteiger partial charge in [0.05, 0.1) is 32.7 Å². The van der Waals surface area contributed by atoms with E-state index in [4.69, 9.17) is 9.47 Å². The molecule has 0 aliphatic heterocycles. The highest BCUT2D eigenvalue weighted by molar-refractivity contribution is 7.88. The Labute approximate surface area is 160 Å². The first-order valence-electron chi connectivity index (χ1n) is 8.25. The summed E-state index contributed by atoms with van der Waals surface area (Å²) in [5.41, 5.74) is 2.32. The molecule has 0 bridgehead atoms. The van der Waals surface area contributed by atoms with Crippen LogP contribution >= 0.6 is 0 Å². The molecule has 2 aromatic carbocycles. The number of ether oxygens (including phenoxy) is 2. The topological polar surface area (TPSA) is 84.9 Å². The molecule has 2 rings (SSSR count). The zero-order valence-electron chi connectivity index (χ0n) is 15.9. The molecule has 0 aromatic heterocycles. The van der Waals surface area contributed by atoms with Crippen LogP contribution in [0.25, 0.3) is 0 Å². The molecule has 1 N–H and O–H groups in total. The van der Waals surface area contributed by atoms with E-state index in [2.05, 4.69) is 5.32 Å². The van der Waals surface area contributed by atoms with E-state index in [0.29, 0.717) is 17.2 Å². The number of amides is 1. The third-order valence-electron chi connectivity index (χ3n) is 3.95. The number of carbonyl (C=O) groups is 1. The maximum Gasteiger partial charge on any atom is 0.239 e. The molecule has 0 heterocycles. The van der Waals surface area contributed by atoms with Gasteiger partial charge in [0.1, 0.15) is 11.5 Å². The van der Waals surface area contributed by atoms with Crippen molar-refractivity contribution in [2.24, 2.45) is 0 Å². The van der Waals surface area contributed by atoms with E-state index in [1.54, 1.807) is 18.2 Å². The molecule has 0 saturated carbocycles. The second-order valence-corrected chi connectivity index (χ2v) is 8.11. The Balaban J connectivity index is 2.13. The number of hydrogen-bond donors (Lipinski definition) is 1. The normalized spacial score (nSPS) is 11.3. The van der Waals surface area contributed by atoms with Crippen LogP contribution in [0.3, 0.4) is 0 Å². The number of methoxy groups -OCH3 is 2. The fourth-order valence-corrected chi connectivity index (χ4v) is 3.17. The average Bonchev–Trinajstić information content (AvgIpc) is 2.62. The standard InChI is InChI=1S/C19H24N2O5S/c1-14-5-7-15(8-6-14)12-21(27(4,23)24)13-19(22)20-17-10-9-16(25-2)11-18(17)26-3/h5-11H,12-13H2,1-4H3,(H,20,22). The van der Waals surface area contributed by atoms with Crippen molar-refractivity contribution in [1.29, 1.82) is 0 Å². The number of nitrogens with one attached hydrogen (secondary N) is 1. The maximum atomic E-state index is 12.4. The van der Waals surface area contributed by atoms with Crippen LogP contribution in [-0.2, 0) is 21.4 Å². The number of aryl methyl sites for hydroxylation is 1. The smallest absolute Gasteiger partial charge is 0.239 e. The molecule has 8 heteroatoms. The number of sulfonamides is 1. The van der Waals surface area contributed by atoms with Crippen LogP contribution in [0.15, 0.2) is 42.5 Å². The van der Waals surface area contributed by atoms with Crippen LogP contribution in [0.5, 0.6) is 11.5 Å². The summed E-state index contributed by atoms with van der Waals surface area (Å²) in [6.45, 7) is 1.77. The highest BCUT2D eigenvalue weighted by Crippen LogP contribution is 2.29. The highest BCUT2D eigenvalue weighted by atomic mass is 32.2. The molecule has 1 amide bonds. The van der Waals surface area contributed by atoms with E-state index in [1.165, 1.54) is 14.2 Å². The summed E-state index contributed by atoms with van der Waals surface area (Å²) in [5, 5.41) is 2.68. The predicted molar refractivity (Wildman–Crippen MR) is 105 cm³/mol. The molecular weight excluding hydrogens is 368 g/mol. The third-order valence-corrected chi connectivity index (χ3v) is 5.15. The van der Waals surface area contributed by atoms with Gasteiger partial charge < -0.3 is 14.8 Å². The Morgan fingerprint density at radius 3 is 2.30 bits per heavy atom. The van der Waals surface area contributed by atoms with Gasteiger partial charge in [-0.1, -0.05) is 29.8 Å². The molecule has 0 radical (unpaired) electrons. The summed E-state index contributed by atoms with van der Waals surface area (Å²) in [5.74, 6) is 0.546. The summed E-state index contributed by atoms with van der Waals surface area (Å²) in [4.78, 5) is 12.4. The first-order chi connectivity index (χ1) is 12.7. The number of anilines is 1. The maximum absolute atomic E-state index is 12.4. The van der Waals surface area contributed by atoms with Gasteiger partial charge in [0.25, 0.3) is 0 Å². The molecular formula is C19H24N2O5S. The zero-order chi connectivity index (χ0) is 20.0. The van der Waals surface area contributed by atoms with Crippen molar-refractivity contribution in [3.63, 3.8) is 0 Å². The van der Waals surface area contributed by atoms with Crippen molar-refractivity contribution in [1.82, 2.24) is 4.31 Å². The minimum Gasteiger partial charge on any atom is -0.497 e. The quantitative estimate of drug-likeness (QED) is 0.746. The van der Waals surface area contributed by atoms with Crippen molar-refractivity contribution in [2.45, 2.75) is 13.5 Å². The van der Waals surface area contributed by atoms with E-state index in [0.717, 1.165) is 21.7 Å². The van der Waals surface area contributed by atoms with E-state index in [-0.39, 0.29) is 13.1 Å². The van der Waals surface area contributed by atoms with E-state index in [9.17, 15) is 13.2 Å². The van der Waals surface area contributed by atoms with Gasteiger partial charge in [-0.2, -0.15) is 4.31 Å². The average molecular weight is 392 g/mol. The number of hydrogen-bond acceptors (Lipinski definition) is 5. The molecule has 0 saturated heterocycles. The van der Waals surface area contributed by atoms with Crippen molar-refractivity contribution in [3.05, 3.63) is 53.6 Å². The minimum absolute atomic E-state index is 0.117. The lowest BCUT2D eigenvalue weighted by Crippen LogP contribution is -2.36. The van der Waals surface area contributed by atoms with Gasteiger partial charge >= 0.3 is 0 Å². The van der Waals surface area contributed by atoms with E-state index >= 15 is 0 Å². The largest absolute Gasteiger partial charge is 0.497 e. The lowest BCUT2D eigenvalue weighted by molar-refractivity contribution is -0.116. The van der Waals surface area contributed by atoms with Crippen molar-refractivity contribution in [3.8, 4) is 11.5 Å². The SMILES string of the molecule is COc1ccc(NC(=O)CN(Cc2ccc(C)cc2)S(C)(=O)=O)c(OC)c1. The predicted octanol–water partition coefficient (Wildman–Crippen LogP) is 2.41. The van der Waals surface area contributed by atoms with Crippen LogP contribution in [-0.4, -0.2) is 45.7 Å². The molecule has 0 atom stereocenters. The molecule has 146 valence electrons. The van der Waals surface area contributed by atoms with Gasteiger partial charge in [0.2, 0.25) is 15.9 Å². The number of nitrogens with zero attached hydrogens (tertiary/aromatic N) is 1. The van der Waals surface area contributed by atoms with Gasteiger partial charge in [0, 0.05) is 12.6 Å². The Kier molecular flexibility index (Phi) is 6.81. The Morgan fingerprint density at radius 1 is 1.07 bits per heavy atom. The van der Waals surface area contributed by atoms with Crippen LogP contribution in [0.4, 0.5) is 5.69 Å². The summed E-state index contributed by atoms with van der Waals surface area (Å²) < 4.78 is 35.7. The van der Waals surface area contributed by atoms with Gasteiger partial charge in [0.15, 0.2) is 0 Å². The van der Waals surface area contributed by atoms with Gasteiger partial charge in [-0.25, -0.2) is 8.42 Å². The highest BCUT2D eigenvalue weighted by Gasteiger charge is 2.21. The fraction of sp³-hybridized carbons (Fsp3) is 0.316.